The smallest absolute Gasteiger partial charge is 0.281 e. The van der Waals surface area contributed by atoms with Crippen molar-refractivity contribution in [3.05, 3.63) is 29.8 Å². The lowest BCUT2D eigenvalue weighted by molar-refractivity contribution is 0.392. The van der Waals surface area contributed by atoms with Crippen molar-refractivity contribution in [1.82, 2.24) is 13.9 Å². The SMILES string of the molecule is CN(C)S(=O)(=O)N1CCC2(C1)NCc1ccccc1NC2=NC(C)(C)C. The molecule has 2 heterocycles. The number of anilines is 1. The predicted molar refractivity (Wildman–Crippen MR) is 106 cm³/mol. The Labute approximate surface area is 156 Å². The van der Waals surface area contributed by atoms with Crippen molar-refractivity contribution in [3.8, 4) is 0 Å². The molecule has 0 saturated carbocycles. The number of rotatable bonds is 2. The van der Waals surface area contributed by atoms with E-state index in [0.717, 1.165) is 17.1 Å². The van der Waals surface area contributed by atoms with E-state index in [9.17, 15) is 8.42 Å². The number of benzene rings is 1. The normalized spacial score (nSPS) is 26.2. The van der Waals surface area contributed by atoms with E-state index in [4.69, 9.17) is 4.99 Å². The number of nitrogens with one attached hydrogen (secondary N) is 2. The average molecular weight is 380 g/mol. The van der Waals surface area contributed by atoms with Crippen molar-refractivity contribution >= 4 is 21.7 Å². The fourth-order valence-electron chi connectivity index (χ4n) is 3.40. The van der Waals surface area contributed by atoms with E-state index in [1.54, 1.807) is 14.1 Å². The van der Waals surface area contributed by atoms with Crippen LogP contribution >= 0.6 is 0 Å². The van der Waals surface area contributed by atoms with E-state index in [0.29, 0.717) is 26.1 Å². The zero-order valence-electron chi connectivity index (χ0n) is 16.2. The van der Waals surface area contributed by atoms with Gasteiger partial charge in [0.25, 0.3) is 10.2 Å². The summed E-state index contributed by atoms with van der Waals surface area (Å²) in [6.45, 7) is 7.65. The summed E-state index contributed by atoms with van der Waals surface area (Å²) in [6.07, 6.45) is 0.677. The van der Waals surface area contributed by atoms with Crippen LogP contribution < -0.4 is 10.6 Å². The average Bonchev–Trinajstić information content (AvgIpc) is 2.92. The van der Waals surface area contributed by atoms with Crippen molar-refractivity contribution in [2.45, 2.75) is 44.8 Å². The quantitative estimate of drug-likeness (QED) is 0.819. The monoisotopic (exact) mass is 379 g/mol. The lowest BCUT2D eigenvalue weighted by Gasteiger charge is -2.32. The van der Waals surface area contributed by atoms with Gasteiger partial charge in [0.1, 0.15) is 5.84 Å². The van der Waals surface area contributed by atoms with Crippen molar-refractivity contribution in [1.29, 1.82) is 0 Å². The number of amidine groups is 1. The van der Waals surface area contributed by atoms with Crippen LogP contribution in [0, 0.1) is 0 Å². The largest absolute Gasteiger partial charge is 0.342 e. The van der Waals surface area contributed by atoms with E-state index in [1.165, 1.54) is 8.61 Å². The van der Waals surface area contributed by atoms with Gasteiger partial charge in [-0.25, -0.2) is 0 Å². The summed E-state index contributed by atoms with van der Waals surface area (Å²) < 4.78 is 28.0. The van der Waals surface area contributed by atoms with E-state index in [2.05, 4.69) is 37.5 Å². The first-order valence-corrected chi connectivity index (χ1v) is 10.3. The summed E-state index contributed by atoms with van der Waals surface area (Å²) in [5, 5.41) is 7.11. The Hall–Kier alpha value is -1.48. The molecule has 0 radical (unpaired) electrons. The highest BCUT2D eigenvalue weighted by Gasteiger charge is 2.48. The van der Waals surface area contributed by atoms with Crippen LogP contribution in [-0.4, -0.2) is 61.1 Å². The van der Waals surface area contributed by atoms with Gasteiger partial charge in [-0.3, -0.25) is 10.3 Å². The van der Waals surface area contributed by atoms with Gasteiger partial charge in [0.2, 0.25) is 0 Å². The zero-order chi connectivity index (χ0) is 19.2. The highest BCUT2D eigenvalue weighted by molar-refractivity contribution is 7.86. The molecule has 26 heavy (non-hydrogen) atoms. The molecule has 1 fully saturated rings. The molecule has 7 nitrogen and oxygen atoms in total. The third-order valence-corrected chi connectivity index (χ3v) is 6.70. The van der Waals surface area contributed by atoms with Crippen molar-refractivity contribution in [3.63, 3.8) is 0 Å². The number of para-hydroxylation sites is 1. The molecule has 0 aliphatic carbocycles. The number of hydrogen-bond donors (Lipinski definition) is 2. The van der Waals surface area contributed by atoms with Gasteiger partial charge >= 0.3 is 0 Å². The molecule has 0 bridgehead atoms. The summed E-state index contributed by atoms with van der Waals surface area (Å²) in [4.78, 5) is 4.93. The molecule has 0 amide bonds. The van der Waals surface area contributed by atoms with Gasteiger partial charge in [0.05, 0.1) is 11.1 Å². The molecule has 1 saturated heterocycles. The van der Waals surface area contributed by atoms with Crippen LogP contribution in [0.4, 0.5) is 5.69 Å². The first kappa shape index (κ1) is 19.3. The van der Waals surface area contributed by atoms with Gasteiger partial charge in [-0.15, -0.1) is 0 Å². The Balaban J connectivity index is 2.01. The molecule has 1 spiro atoms. The van der Waals surface area contributed by atoms with Crippen LogP contribution in [0.15, 0.2) is 29.3 Å². The summed E-state index contributed by atoms with van der Waals surface area (Å²) in [5.41, 5.74) is 1.38. The molecule has 1 aromatic rings. The maximum atomic E-state index is 12.6. The standard InChI is InChI=1S/C18H29N5O2S/c1-17(2,3)21-16-18(10-11-23(13-18)26(24,25)22(4)5)19-12-14-8-6-7-9-15(14)20-16/h6-9,19H,10-13H2,1-5H3,(H,20,21). The summed E-state index contributed by atoms with van der Waals surface area (Å²) in [7, 11) is -0.317. The topological polar surface area (TPSA) is 77.0 Å². The van der Waals surface area contributed by atoms with Crippen LogP contribution in [0.1, 0.15) is 32.8 Å². The third kappa shape index (κ3) is 3.64. The van der Waals surface area contributed by atoms with Crippen LogP contribution in [0.5, 0.6) is 0 Å². The van der Waals surface area contributed by atoms with E-state index in [-0.39, 0.29) is 5.54 Å². The Morgan fingerprint density at radius 2 is 1.92 bits per heavy atom. The van der Waals surface area contributed by atoms with Gasteiger partial charge in [-0.1, -0.05) is 18.2 Å². The molecule has 1 unspecified atom stereocenters. The Bertz CT molecular complexity index is 813. The van der Waals surface area contributed by atoms with Crippen LogP contribution in [0.2, 0.25) is 0 Å². The molecule has 8 heteroatoms. The lowest BCUT2D eigenvalue weighted by Crippen LogP contribution is -2.56. The predicted octanol–water partition coefficient (Wildman–Crippen LogP) is 1.65. The summed E-state index contributed by atoms with van der Waals surface area (Å²) in [6, 6.07) is 8.12. The molecule has 2 aliphatic heterocycles. The molecule has 1 atom stereocenters. The second kappa shape index (κ2) is 6.60. The summed E-state index contributed by atoms with van der Waals surface area (Å²) in [5.74, 6) is 0.811. The molecule has 2 aliphatic rings. The Morgan fingerprint density at radius 3 is 2.58 bits per heavy atom. The highest BCUT2D eigenvalue weighted by atomic mass is 32.2. The van der Waals surface area contributed by atoms with Gasteiger partial charge in [-0.2, -0.15) is 17.0 Å². The number of aliphatic imine (C=N–C) groups is 1. The number of nitrogens with zero attached hydrogens (tertiary/aromatic N) is 3. The Morgan fingerprint density at radius 1 is 1.23 bits per heavy atom. The van der Waals surface area contributed by atoms with Crippen molar-refractivity contribution in [2.75, 3.05) is 32.5 Å². The third-order valence-electron chi connectivity index (χ3n) is 4.81. The van der Waals surface area contributed by atoms with Gasteiger partial charge in [-0.05, 0) is 38.8 Å². The molecule has 144 valence electrons. The van der Waals surface area contributed by atoms with E-state index < -0.39 is 15.7 Å². The van der Waals surface area contributed by atoms with Gasteiger partial charge in [0, 0.05) is 39.4 Å². The fraction of sp³-hybridized carbons (Fsp3) is 0.611. The minimum atomic E-state index is -3.45. The zero-order valence-corrected chi connectivity index (χ0v) is 17.0. The lowest BCUT2D eigenvalue weighted by atomic mass is 9.95. The number of fused-ring (bicyclic) bond motifs is 1. The first-order chi connectivity index (χ1) is 12.0. The molecular formula is C18H29N5O2S. The minimum absolute atomic E-state index is 0.274. The maximum absolute atomic E-state index is 12.6. The van der Waals surface area contributed by atoms with Gasteiger partial charge in [0.15, 0.2) is 0 Å². The second-order valence-electron chi connectivity index (χ2n) is 8.22. The molecule has 1 aromatic carbocycles. The first-order valence-electron chi connectivity index (χ1n) is 8.91. The Kier molecular flexibility index (Phi) is 4.89. The van der Waals surface area contributed by atoms with Crippen LogP contribution in [0.3, 0.4) is 0 Å². The molecule has 3 rings (SSSR count). The second-order valence-corrected chi connectivity index (χ2v) is 10.4. The summed E-state index contributed by atoms with van der Waals surface area (Å²) >= 11 is 0. The highest BCUT2D eigenvalue weighted by Crippen LogP contribution is 2.32. The fourth-order valence-corrected chi connectivity index (χ4v) is 4.57. The van der Waals surface area contributed by atoms with E-state index in [1.807, 2.05) is 18.2 Å². The molecule has 2 N–H and O–H groups in total. The molecule has 0 aromatic heterocycles. The minimum Gasteiger partial charge on any atom is -0.342 e. The molecular weight excluding hydrogens is 350 g/mol. The maximum Gasteiger partial charge on any atom is 0.281 e. The van der Waals surface area contributed by atoms with Crippen LogP contribution in [-0.2, 0) is 16.8 Å². The van der Waals surface area contributed by atoms with E-state index >= 15 is 0 Å². The van der Waals surface area contributed by atoms with Crippen molar-refractivity contribution in [2.24, 2.45) is 4.99 Å². The van der Waals surface area contributed by atoms with Crippen LogP contribution in [0.25, 0.3) is 0 Å². The van der Waals surface area contributed by atoms with Crippen molar-refractivity contribution < 1.29 is 8.42 Å². The van der Waals surface area contributed by atoms with Gasteiger partial charge < -0.3 is 5.32 Å². The number of hydrogen-bond acceptors (Lipinski definition) is 4.